The summed E-state index contributed by atoms with van der Waals surface area (Å²) in [7, 11) is 1.54. The first kappa shape index (κ1) is 13.6. The van der Waals surface area contributed by atoms with Gasteiger partial charge in [-0.3, -0.25) is 0 Å². The lowest BCUT2D eigenvalue weighted by Crippen LogP contribution is -2.07. The molecular formula is C15H13F3O. The first-order valence-corrected chi connectivity index (χ1v) is 5.77. The van der Waals surface area contributed by atoms with Gasteiger partial charge in [-0.2, -0.15) is 13.2 Å². The topological polar surface area (TPSA) is 9.23 Å². The molecule has 0 aliphatic carbocycles. The molecule has 0 saturated carbocycles. The van der Waals surface area contributed by atoms with Crippen LogP contribution in [0.2, 0.25) is 0 Å². The van der Waals surface area contributed by atoms with Gasteiger partial charge in [-0.1, -0.05) is 42.5 Å². The van der Waals surface area contributed by atoms with Crippen molar-refractivity contribution in [3.05, 3.63) is 71.3 Å². The van der Waals surface area contributed by atoms with Gasteiger partial charge in [-0.15, -0.1) is 0 Å². The fraction of sp³-hybridized carbons (Fsp3) is 0.200. The maximum absolute atomic E-state index is 12.5. The summed E-state index contributed by atoms with van der Waals surface area (Å²) in [5.41, 5.74) is 0.950. The molecule has 0 aliphatic rings. The molecule has 1 nitrogen and oxygen atoms in total. The van der Waals surface area contributed by atoms with Gasteiger partial charge in [0.1, 0.15) is 6.10 Å². The average molecular weight is 266 g/mol. The van der Waals surface area contributed by atoms with Crippen molar-refractivity contribution in [2.45, 2.75) is 12.3 Å². The monoisotopic (exact) mass is 266 g/mol. The molecule has 0 radical (unpaired) electrons. The van der Waals surface area contributed by atoms with Gasteiger partial charge in [0.2, 0.25) is 0 Å². The normalized spacial score (nSPS) is 13.3. The summed E-state index contributed by atoms with van der Waals surface area (Å²) in [5, 5.41) is 0. The Hall–Kier alpha value is -1.81. The van der Waals surface area contributed by atoms with Crippen LogP contribution in [0.5, 0.6) is 0 Å². The molecule has 100 valence electrons. The van der Waals surface area contributed by atoms with Crippen molar-refractivity contribution in [2.24, 2.45) is 0 Å². The summed E-state index contributed by atoms with van der Waals surface area (Å²) < 4.78 is 42.8. The highest BCUT2D eigenvalue weighted by Gasteiger charge is 2.30. The molecule has 0 N–H and O–H groups in total. The Morgan fingerprint density at radius 3 is 1.84 bits per heavy atom. The number of rotatable bonds is 3. The number of benzene rings is 2. The van der Waals surface area contributed by atoms with Gasteiger partial charge >= 0.3 is 6.18 Å². The first-order valence-electron chi connectivity index (χ1n) is 5.77. The third kappa shape index (κ3) is 3.15. The zero-order valence-corrected chi connectivity index (χ0v) is 10.3. The standard InChI is InChI=1S/C15H13F3O/c1-19-14(11-5-3-2-4-6-11)12-7-9-13(10-8-12)15(16,17)18/h2-10,14H,1H3. The Labute approximate surface area is 109 Å². The second-order valence-electron chi connectivity index (χ2n) is 4.15. The number of hydrogen-bond acceptors (Lipinski definition) is 1. The Morgan fingerprint density at radius 2 is 1.37 bits per heavy atom. The van der Waals surface area contributed by atoms with Crippen molar-refractivity contribution in [1.82, 2.24) is 0 Å². The fourth-order valence-electron chi connectivity index (χ4n) is 1.94. The molecule has 0 aromatic heterocycles. The molecule has 0 aliphatic heterocycles. The van der Waals surface area contributed by atoms with E-state index in [1.807, 2.05) is 30.3 Å². The lowest BCUT2D eigenvalue weighted by Gasteiger charge is -2.17. The van der Waals surface area contributed by atoms with Crippen molar-refractivity contribution in [2.75, 3.05) is 7.11 Å². The smallest absolute Gasteiger partial charge is 0.372 e. The summed E-state index contributed by atoms with van der Waals surface area (Å²) in [5.74, 6) is 0. The highest BCUT2D eigenvalue weighted by molar-refractivity contribution is 5.32. The first-order chi connectivity index (χ1) is 9.02. The fourth-order valence-corrected chi connectivity index (χ4v) is 1.94. The number of hydrogen-bond donors (Lipinski definition) is 0. The van der Waals surface area contributed by atoms with Gasteiger partial charge in [-0.05, 0) is 23.3 Å². The van der Waals surface area contributed by atoms with Crippen LogP contribution in [-0.2, 0) is 10.9 Å². The minimum atomic E-state index is -4.31. The summed E-state index contributed by atoms with van der Waals surface area (Å²) in [6.07, 6.45) is -4.67. The highest BCUT2D eigenvalue weighted by Crippen LogP contribution is 2.31. The third-order valence-electron chi connectivity index (χ3n) is 2.88. The van der Waals surface area contributed by atoms with E-state index in [-0.39, 0.29) is 6.10 Å². The molecule has 0 fully saturated rings. The molecule has 2 rings (SSSR count). The molecule has 1 unspecified atom stereocenters. The van der Waals surface area contributed by atoms with Crippen molar-refractivity contribution < 1.29 is 17.9 Å². The second kappa shape index (κ2) is 5.45. The lowest BCUT2D eigenvalue weighted by molar-refractivity contribution is -0.137. The van der Waals surface area contributed by atoms with E-state index < -0.39 is 11.7 Å². The Morgan fingerprint density at radius 1 is 0.842 bits per heavy atom. The van der Waals surface area contributed by atoms with Crippen LogP contribution < -0.4 is 0 Å². The zero-order chi connectivity index (χ0) is 13.9. The van der Waals surface area contributed by atoms with E-state index >= 15 is 0 Å². The van der Waals surface area contributed by atoms with Gasteiger partial charge in [0.15, 0.2) is 0 Å². The van der Waals surface area contributed by atoms with Gasteiger partial charge in [0.25, 0.3) is 0 Å². The summed E-state index contributed by atoms with van der Waals surface area (Å²) in [4.78, 5) is 0. The van der Waals surface area contributed by atoms with Gasteiger partial charge in [-0.25, -0.2) is 0 Å². The average Bonchev–Trinajstić information content (AvgIpc) is 2.40. The quantitative estimate of drug-likeness (QED) is 0.798. The molecule has 2 aromatic carbocycles. The van der Waals surface area contributed by atoms with Crippen LogP contribution in [0.15, 0.2) is 54.6 Å². The summed E-state index contributed by atoms with van der Waals surface area (Å²) in [6, 6.07) is 14.4. The van der Waals surface area contributed by atoms with Gasteiger partial charge in [0.05, 0.1) is 5.56 Å². The van der Waals surface area contributed by atoms with Crippen LogP contribution in [0.25, 0.3) is 0 Å². The minimum absolute atomic E-state index is 0.358. The predicted octanol–water partition coefficient (Wildman–Crippen LogP) is 4.44. The van der Waals surface area contributed by atoms with E-state index in [2.05, 4.69) is 0 Å². The number of ether oxygens (including phenoxy) is 1. The molecule has 2 aromatic rings. The third-order valence-corrected chi connectivity index (χ3v) is 2.88. The SMILES string of the molecule is COC(c1ccccc1)c1ccc(C(F)(F)F)cc1. The number of methoxy groups -OCH3 is 1. The maximum atomic E-state index is 12.5. The van der Waals surface area contributed by atoms with Crippen LogP contribution in [0.1, 0.15) is 22.8 Å². The number of alkyl halides is 3. The van der Waals surface area contributed by atoms with E-state index in [4.69, 9.17) is 4.74 Å². The van der Waals surface area contributed by atoms with Crippen LogP contribution in [0.3, 0.4) is 0 Å². The van der Waals surface area contributed by atoms with E-state index in [0.29, 0.717) is 5.56 Å². The van der Waals surface area contributed by atoms with Crippen molar-refractivity contribution >= 4 is 0 Å². The van der Waals surface area contributed by atoms with E-state index in [1.165, 1.54) is 19.2 Å². The lowest BCUT2D eigenvalue weighted by atomic mass is 10.00. The Kier molecular flexibility index (Phi) is 3.90. The van der Waals surface area contributed by atoms with Crippen molar-refractivity contribution in [1.29, 1.82) is 0 Å². The van der Waals surface area contributed by atoms with Gasteiger partial charge < -0.3 is 4.74 Å². The number of halogens is 3. The van der Waals surface area contributed by atoms with Crippen LogP contribution in [-0.4, -0.2) is 7.11 Å². The molecule has 0 heterocycles. The Balaban J connectivity index is 2.30. The highest BCUT2D eigenvalue weighted by atomic mass is 19.4. The maximum Gasteiger partial charge on any atom is 0.416 e. The van der Waals surface area contributed by atoms with Crippen LogP contribution in [0.4, 0.5) is 13.2 Å². The zero-order valence-electron chi connectivity index (χ0n) is 10.3. The molecule has 0 amide bonds. The molecule has 19 heavy (non-hydrogen) atoms. The summed E-state index contributed by atoms with van der Waals surface area (Å²) >= 11 is 0. The Bertz CT molecular complexity index is 517. The van der Waals surface area contributed by atoms with Gasteiger partial charge in [0, 0.05) is 7.11 Å². The summed E-state index contributed by atoms with van der Waals surface area (Å²) in [6.45, 7) is 0. The molecule has 0 bridgehead atoms. The van der Waals surface area contributed by atoms with E-state index in [9.17, 15) is 13.2 Å². The molecule has 4 heteroatoms. The largest absolute Gasteiger partial charge is 0.416 e. The van der Waals surface area contributed by atoms with Crippen molar-refractivity contribution in [3.8, 4) is 0 Å². The molecular weight excluding hydrogens is 253 g/mol. The molecule has 0 saturated heterocycles. The van der Waals surface area contributed by atoms with E-state index in [0.717, 1.165) is 17.7 Å². The molecule has 1 atom stereocenters. The van der Waals surface area contributed by atoms with Crippen LogP contribution in [0, 0.1) is 0 Å². The minimum Gasteiger partial charge on any atom is -0.372 e. The molecule has 0 spiro atoms. The second-order valence-corrected chi connectivity index (χ2v) is 4.15. The predicted molar refractivity (Wildman–Crippen MR) is 66.7 cm³/mol. The van der Waals surface area contributed by atoms with Crippen LogP contribution >= 0.6 is 0 Å². The van der Waals surface area contributed by atoms with E-state index in [1.54, 1.807) is 0 Å². The van der Waals surface area contributed by atoms with Crippen molar-refractivity contribution in [3.63, 3.8) is 0 Å².